The smallest absolute Gasteiger partial charge is 0.335 e. The van der Waals surface area contributed by atoms with Crippen LogP contribution in [0.1, 0.15) is 10.4 Å². The van der Waals surface area contributed by atoms with E-state index in [9.17, 15) is 9.90 Å². The van der Waals surface area contributed by atoms with Gasteiger partial charge in [-0.05, 0) is 35.9 Å². The normalized spacial score (nSPS) is 11.8. The molecule has 0 saturated carbocycles. The minimum atomic E-state index is -0.964. The Morgan fingerprint density at radius 3 is 1.51 bits per heavy atom. The minimum absolute atomic E-state index is 0.230. The quantitative estimate of drug-likeness (QED) is 0.177. The Kier molecular flexibility index (Phi) is 5.78. The van der Waals surface area contributed by atoms with Gasteiger partial charge in [0.05, 0.1) is 33.9 Å². The number of carbonyl (C=O) groups is 1. The molecule has 49 heavy (non-hydrogen) atoms. The molecule has 0 amide bonds. The molecule has 5 heterocycles. The summed E-state index contributed by atoms with van der Waals surface area (Å²) < 4.78 is 0. The van der Waals surface area contributed by atoms with E-state index in [2.05, 4.69) is 101 Å². The van der Waals surface area contributed by atoms with Crippen molar-refractivity contribution in [3.8, 4) is 56.2 Å². The zero-order chi connectivity index (χ0) is 32.6. The summed E-state index contributed by atoms with van der Waals surface area (Å²) in [5.41, 5.74) is 13.4. The van der Waals surface area contributed by atoms with Gasteiger partial charge in [-0.15, -0.1) is 0 Å². The third-order valence-corrected chi connectivity index (χ3v) is 9.68. The molecule has 0 fully saturated rings. The number of carboxylic acid groups (broad SMARTS) is 1. The molecule has 0 aliphatic carbocycles. The average molecular weight is 631 g/mol. The molecule has 10 rings (SSSR count). The van der Waals surface area contributed by atoms with Crippen molar-refractivity contribution in [2.45, 2.75) is 0 Å². The lowest BCUT2D eigenvalue weighted by Gasteiger charge is -2.08. The Hall–Kier alpha value is -6.79. The van der Waals surface area contributed by atoms with Crippen LogP contribution in [-0.2, 0) is 0 Å². The monoisotopic (exact) mass is 630 g/mol. The van der Waals surface area contributed by atoms with Crippen molar-refractivity contribution >= 4 is 49.6 Å². The molecule has 0 unspecified atom stereocenters. The minimum Gasteiger partial charge on any atom is -0.478 e. The van der Waals surface area contributed by atoms with E-state index in [1.807, 2.05) is 36.4 Å². The Bertz CT molecular complexity index is 2860. The van der Waals surface area contributed by atoms with E-state index in [0.29, 0.717) is 0 Å². The SMILES string of the molecule is O=C(O)c1ccc(-c2c3nc(cc4[nH]c(cc5nc(cc6[nH]c2c2ccccc62)-c2ccccc2-5)c2ccccc42)-c2ccccc2-3)cc1. The van der Waals surface area contributed by atoms with Crippen LogP contribution in [0, 0.1) is 0 Å². The van der Waals surface area contributed by atoms with E-state index >= 15 is 0 Å². The molecule has 3 aromatic heterocycles. The van der Waals surface area contributed by atoms with Crippen molar-refractivity contribution in [1.29, 1.82) is 0 Å². The molecule has 6 heteroatoms. The highest BCUT2D eigenvalue weighted by molar-refractivity contribution is 6.15. The first kappa shape index (κ1) is 27.3. The van der Waals surface area contributed by atoms with Gasteiger partial charge in [0.25, 0.3) is 0 Å². The van der Waals surface area contributed by atoms with Crippen molar-refractivity contribution in [2.75, 3.05) is 0 Å². The first-order chi connectivity index (χ1) is 24.1. The van der Waals surface area contributed by atoms with Gasteiger partial charge in [0.1, 0.15) is 0 Å². The molecule has 8 aromatic rings. The van der Waals surface area contributed by atoms with Crippen LogP contribution in [0.25, 0.3) is 99.8 Å². The lowest BCUT2D eigenvalue weighted by atomic mass is 9.96. The number of nitrogens with zero attached hydrogens (tertiary/aromatic N) is 2. The summed E-state index contributed by atoms with van der Waals surface area (Å²) in [7, 11) is 0. The summed E-state index contributed by atoms with van der Waals surface area (Å²) in [6.45, 7) is 0. The lowest BCUT2D eigenvalue weighted by Crippen LogP contribution is -1.95. The molecule has 3 N–H and O–H groups in total. The zero-order valence-corrected chi connectivity index (χ0v) is 26.0. The largest absolute Gasteiger partial charge is 0.478 e. The van der Waals surface area contributed by atoms with Gasteiger partial charge < -0.3 is 15.1 Å². The van der Waals surface area contributed by atoms with Crippen molar-refractivity contribution in [3.05, 3.63) is 145 Å². The highest BCUT2D eigenvalue weighted by atomic mass is 16.4. The topological polar surface area (TPSA) is 94.7 Å². The van der Waals surface area contributed by atoms with Crippen molar-refractivity contribution in [2.24, 2.45) is 0 Å². The van der Waals surface area contributed by atoms with Crippen LogP contribution in [0.15, 0.2) is 140 Å². The van der Waals surface area contributed by atoms with E-state index < -0.39 is 5.97 Å². The van der Waals surface area contributed by atoms with Crippen molar-refractivity contribution < 1.29 is 9.90 Å². The van der Waals surface area contributed by atoms with Gasteiger partial charge >= 0.3 is 5.97 Å². The number of benzene rings is 5. The number of aromatic carboxylic acids is 1. The van der Waals surface area contributed by atoms with Gasteiger partial charge in [0.2, 0.25) is 0 Å². The fourth-order valence-electron chi connectivity index (χ4n) is 7.42. The van der Waals surface area contributed by atoms with Crippen molar-refractivity contribution in [1.82, 2.24) is 19.9 Å². The number of hydrogen-bond donors (Lipinski definition) is 3. The van der Waals surface area contributed by atoms with Crippen LogP contribution in [0.5, 0.6) is 0 Å². The highest BCUT2D eigenvalue weighted by Gasteiger charge is 2.23. The zero-order valence-electron chi connectivity index (χ0n) is 26.0. The molecule has 5 aromatic carbocycles. The van der Waals surface area contributed by atoms with Crippen LogP contribution >= 0.6 is 0 Å². The molecule has 0 radical (unpaired) electrons. The predicted molar refractivity (Wildman–Crippen MR) is 197 cm³/mol. The van der Waals surface area contributed by atoms with Gasteiger partial charge in [-0.2, -0.15) is 0 Å². The maximum atomic E-state index is 11.9. The molecule has 230 valence electrons. The van der Waals surface area contributed by atoms with Crippen LogP contribution in [0.2, 0.25) is 0 Å². The maximum Gasteiger partial charge on any atom is 0.335 e. The van der Waals surface area contributed by atoms with E-state index in [0.717, 1.165) is 99.8 Å². The molecule has 2 aliphatic rings. The second-order valence-corrected chi connectivity index (χ2v) is 12.5. The average Bonchev–Trinajstić information content (AvgIpc) is 3.88. The standard InChI is InChI=1S/C43H26N4O2/c48-43(49)25-19-17-24(18-20-25)40-41-32-15-7-5-13-30(32)38(46-41)22-36-28-11-3-1-9-26(28)34(44-36)21-35-27-10-2-4-12-29(27)37(45-35)23-39-31-14-6-8-16-33(31)42(40)47-39/h1-23,44,47H,(H,48,49). The highest BCUT2D eigenvalue weighted by Crippen LogP contribution is 2.45. The fraction of sp³-hybridized carbons (Fsp3) is 0. The number of rotatable bonds is 2. The number of hydrogen-bond acceptors (Lipinski definition) is 3. The number of H-pyrrole nitrogens is 2. The maximum absolute atomic E-state index is 11.9. The van der Waals surface area contributed by atoms with Crippen LogP contribution < -0.4 is 0 Å². The Morgan fingerprint density at radius 1 is 0.490 bits per heavy atom. The summed E-state index contributed by atoms with van der Waals surface area (Å²) in [4.78, 5) is 30.0. The summed E-state index contributed by atoms with van der Waals surface area (Å²) in [5.74, 6) is -0.964. The molecule has 6 nitrogen and oxygen atoms in total. The number of carboxylic acids is 1. The number of fused-ring (bicyclic) bond motifs is 20. The molecular weight excluding hydrogens is 604 g/mol. The Balaban J connectivity index is 1.45. The number of nitrogens with one attached hydrogen (secondary N) is 2. The first-order valence-corrected chi connectivity index (χ1v) is 16.2. The Morgan fingerprint density at radius 2 is 0.939 bits per heavy atom. The van der Waals surface area contributed by atoms with Crippen LogP contribution in [-0.4, -0.2) is 31.0 Å². The van der Waals surface area contributed by atoms with E-state index in [-0.39, 0.29) is 5.56 Å². The van der Waals surface area contributed by atoms with Gasteiger partial charge in [-0.3, -0.25) is 0 Å². The second-order valence-electron chi connectivity index (χ2n) is 12.5. The molecule has 0 atom stereocenters. The summed E-state index contributed by atoms with van der Waals surface area (Å²) >= 11 is 0. The third-order valence-electron chi connectivity index (χ3n) is 9.68. The molecule has 0 saturated heterocycles. The number of aromatic amines is 2. The Labute approximate surface area is 280 Å². The van der Waals surface area contributed by atoms with E-state index in [4.69, 9.17) is 9.97 Å². The first-order valence-electron chi connectivity index (χ1n) is 16.2. The van der Waals surface area contributed by atoms with E-state index in [1.54, 1.807) is 12.1 Å². The fourth-order valence-corrected chi connectivity index (χ4v) is 7.42. The lowest BCUT2D eigenvalue weighted by molar-refractivity contribution is 0.0697. The van der Waals surface area contributed by atoms with Crippen LogP contribution in [0.4, 0.5) is 0 Å². The molecule has 8 bridgehead atoms. The van der Waals surface area contributed by atoms with Gasteiger partial charge in [-0.1, -0.05) is 109 Å². The van der Waals surface area contributed by atoms with E-state index in [1.165, 1.54) is 0 Å². The molecular formula is C43H26N4O2. The van der Waals surface area contributed by atoms with Crippen molar-refractivity contribution in [3.63, 3.8) is 0 Å². The summed E-state index contributed by atoms with van der Waals surface area (Å²) in [5, 5.41) is 14.0. The van der Waals surface area contributed by atoms with Gasteiger partial charge in [0, 0.05) is 65.9 Å². The third kappa shape index (κ3) is 4.17. The van der Waals surface area contributed by atoms with Gasteiger partial charge in [0.15, 0.2) is 0 Å². The summed E-state index contributed by atoms with van der Waals surface area (Å²) in [6.07, 6.45) is 0. The number of aromatic nitrogens is 4. The predicted octanol–water partition coefficient (Wildman–Crippen LogP) is 10.7. The molecule has 2 aliphatic heterocycles. The molecule has 0 spiro atoms. The van der Waals surface area contributed by atoms with Crippen LogP contribution in [0.3, 0.4) is 0 Å². The second kappa shape index (κ2) is 10.4. The van der Waals surface area contributed by atoms with Gasteiger partial charge in [-0.25, -0.2) is 14.8 Å². The summed E-state index contributed by atoms with van der Waals surface area (Å²) in [6, 6.07) is 46.9.